The number of nitrogens with zero attached hydrogens (tertiary/aromatic N) is 3. The molecule has 0 bridgehead atoms. The van der Waals surface area contributed by atoms with Gasteiger partial charge in [0.1, 0.15) is 11.5 Å². The van der Waals surface area contributed by atoms with E-state index in [1.54, 1.807) is 0 Å². The third-order valence-corrected chi connectivity index (χ3v) is 6.13. The largest absolute Gasteiger partial charge is 0.490 e. The van der Waals surface area contributed by atoms with Gasteiger partial charge in [-0.15, -0.1) is 0 Å². The zero-order chi connectivity index (χ0) is 29.4. The van der Waals surface area contributed by atoms with E-state index in [1.807, 2.05) is 32.5 Å². The second-order valence-corrected chi connectivity index (χ2v) is 8.94. The number of piperidine rings is 1. The predicted molar refractivity (Wildman–Crippen MR) is 123 cm³/mol. The topological polar surface area (TPSA) is 116 Å². The van der Waals surface area contributed by atoms with E-state index >= 15 is 0 Å². The fraction of sp³-hybridized carbons (Fsp3) is 0.542. The molecule has 39 heavy (non-hydrogen) atoms. The number of carboxylic acids is 2. The number of pyridine rings is 1. The van der Waals surface area contributed by atoms with Crippen LogP contribution in [0.4, 0.5) is 26.3 Å². The molecule has 2 aromatic heterocycles. The van der Waals surface area contributed by atoms with Crippen LogP contribution >= 0.6 is 0 Å². The number of fused-ring (bicyclic) bond motifs is 1. The number of halogens is 6. The number of carbonyl (C=O) groups is 2. The summed E-state index contributed by atoms with van der Waals surface area (Å²) in [5.74, 6) is -2.90. The van der Waals surface area contributed by atoms with Gasteiger partial charge in [0.15, 0.2) is 0 Å². The van der Waals surface area contributed by atoms with E-state index in [4.69, 9.17) is 29.0 Å². The monoisotopic (exact) mass is 569 g/mol. The van der Waals surface area contributed by atoms with Gasteiger partial charge in [-0.25, -0.2) is 9.59 Å². The molecule has 0 radical (unpaired) electrons. The van der Waals surface area contributed by atoms with Crippen molar-refractivity contribution in [3.63, 3.8) is 0 Å². The Labute approximate surface area is 220 Å². The molecule has 0 aliphatic carbocycles. The van der Waals surface area contributed by atoms with Gasteiger partial charge in [-0.2, -0.15) is 26.3 Å². The number of furan rings is 1. The molecule has 15 heteroatoms. The minimum atomic E-state index is -5.08. The van der Waals surface area contributed by atoms with Gasteiger partial charge in [-0.3, -0.25) is 14.8 Å². The van der Waals surface area contributed by atoms with E-state index in [0.29, 0.717) is 18.1 Å². The molecule has 2 saturated heterocycles. The van der Waals surface area contributed by atoms with Gasteiger partial charge in [0.25, 0.3) is 0 Å². The Morgan fingerprint density at radius 1 is 1.05 bits per heavy atom. The molecule has 2 fully saturated rings. The molecular formula is C24H29F6N3O6. The molecule has 218 valence electrons. The lowest BCUT2D eigenvalue weighted by Gasteiger charge is -2.40. The number of alkyl halides is 6. The van der Waals surface area contributed by atoms with E-state index in [0.717, 1.165) is 50.7 Å². The standard InChI is InChI=1S/C20H27N3O2.2C2HF3O2/c1-15-5-6-17(25-15)12-23-9-7-20(24-2)18-13-22(14-19(18)23)11-16-4-3-8-21-10-16;2*3-2(4,5)1(6)7/h3-6,8,10,18-20H,7,9,11-14H2,1-2H3;2*(H,6,7)/t18-,19+,20+;;/m0../s1. The van der Waals surface area contributed by atoms with Crippen LogP contribution in [0, 0.1) is 12.8 Å². The summed E-state index contributed by atoms with van der Waals surface area (Å²) in [5.41, 5.74) is 1.28. The van der Waals surface area contributed by atoms with E-state index in [1.165, 1.54) is 5.56 Å². The number of ether oxygens (including phenoxy) is 1. The van der Waals surface area contributed by atoms with Crippen molar-refractivity contribution in [1.82, 2.24) is 14.8 Å². The van der Waals surface area contributed by atoms with Crippen molar-refractivity contribution in [3.05, 3.63) is 53.7 Å². The molecule has 4 heterocycles. The summed E-state index contributed by atoms with van der Waals surface area (Å²) in [7, 11) is 1.86. The Hall–Kier alpha value is -3.17. The second kappa shape index (κ2) is 13.8. The van der Waals surface area contributed by atoms with Crippen molar-refractivity contribution >= 4 is 11.9 Å². The van der Waals surface area contributed by atoms with Gasteiger partial charge in [0.05, 0.1) is 12.6 Å². The van der Waals surface area contributed by atoms with Gasteiger partial charge >= 0.3 is 24.3 Å². The van der Waals surface area contributed by atoms with Gasteiger partial charge in [-0.05, 0) is 37.1 Å². The molecule has 0 aromatic carbocycles. The highest BCUT2D eigenvalue weighted by Gasteiger charge is 2.44. The van der Waals surface area contributed by atoms with Gasteiger partial charge < -0.3 is 19.4 Å². The SMILES string of the molecule is CO[C@@H]1CCN(Cc2ccc(C)o2)[C@@H]2CN(Cc3cccnc3)C[C@@H]21.O=C(O)C(F)(F)F.O=C(O)C(F)(F)F. The maximum atomic E-state index is 10.6. The molecule has 2 aliphatic rings. The highest BCUT2D eigenvalue weighted by molar-refractivity contribution is 5.73. The second-order valence-electron chi connectivity index (χ2n) is 8.94. The van der Waals surface area contributed by atoms with Crippen LogP contribution in [0.25, 0.3) is 0 Å². The normalized spacial score (nSPS) is 21.7. The zero-order valence-corrected chi connectivity index (χ0v) is 21.1. The van der Waals surface area contributed by atoms with Crippen LogP contribution in [-0.2, 0) is 27.4 Å². The third kappa shape index (κ3) is 10.1. The van der Waals surface area contributed by atoms with Crippen molar-refractivity contribution in [2.75, 3.05) is 26.7 Å². The Bertz CT molecular complexity index is 1040. The number of rotatable bonds is 5. The fourth-order valence-electron chi connectivity index (χ4n) is 4.46. The van der Waals surface area contributed by atoms with Crippen LogP contribution in [-0.4, -0.2) is 88.2 Å². The van der Waals surface area contributed by atoms with Crippen molar-refractivity contribution in [2.24, 2.45) is 5.92 Å². The predicted octanol–water partition coefficient (Wildman–Crippen LogP) is 3.97. The van der Waals surface area contributed by atoms with E-state index < -0.39 is 24.3 Å². The van der Waals surface area contributed by atoms with Crippen LogP contribution in [0.2, 0.25) is 0 Å². The minimum Gasteiger partial charge on any atom is -0.475 e. The minimum absolute atomic E-state index is 0.360. The number of methoxy groups -OCH3 is 1. The van der Waals surface area contributed by atoms with Crippen LogP contribution in [0.15, 0.2) is 41.1 Å². The molecule has 0 saturated carbocycles. The molecule has 2 N–H and O–H groups in total. The first kappa shape index (κ1) is 32.0. The van der Waals surface area contributed by atoms with Crippen LogP contribution < -0.4 is 0 Å². The third-order valence-electron chi connectivity index (χ3n) is 6.13. The number of aliphatic carboxylic acids is 2. The summed E-state index contributed by atoms with van der Waals surface area (Å²) in [6.45, 7) is 7.11. The first-order valence-electron chi connectivity index (χ1n) is 11.7. The maximum Gasteiger partial charge on any atom is 0.490 e. The lowest BCUT2D eigenvalue weighted by atomic mass is 9.89. The fourth-order valence-corrected chi connectivity index (χ4v) is 4.46. The highest BCUT2D eigenvalue weighted by Crippen LogP contribution is 2.34. The molecule has 2 aromatic rings. The maximum absolute atomic E-state index is 10.6. The molecular weight excluding hydrogens is 540 g/mol. The van der Waals surface area contributed by atoms with E-state index in [9.17, 15) is 26.3 Å². The van der Waals surface area contributed by atoms with Gasteiger partial charge in [0, 0.05) is 57.6 Å². The summed E-state index contributed by atoms with van der Waals surface area (Å²) in [5, 5.41) is 14.2. The summed E-state index contributed by atoms with van der Waals surface area (Å²) < 4.78 is 75.1. The number of aryl methyl sites for hydroxylation is 1. The van der Waals surface area contributed by atoms with Crippen LogP contribution in [0.5, 0.6) is 0 Å². The first-order chi connectivity index (χ1) is 18.1. The van der Waals surface area contributed by atoms with E-state index in [2.05, 4.69) is 33.0 Å². The molecule has 0 unspecified atom stereocenters. The van der Waals surface area contributed by atoms with Crippen molar-refractivity contribution < 1.29 is 55.3 Å². The lowest BCUT2D eigenvalue weighted by molar-refractivity contribution is -0.193. The van der Waals surface area contributed by atoms with Crippen LogP contribution in [0.3, 0.4) is 0 Å². The Morgan fingerprint density at radius 3 is 2.13 bits per heavy atom. The molecule has 2 aliphatic heterocycles. The lowest BCUT2D eigenvalue weighted by Crippen LogP contribution is -2.50. The average Bonchev–Trinajstić information content (AvgIpc) is 3.45. The van der Waals surface area contributed by atoms with Crippen molar-refractivity contribution in [1.29, 1.82) is 0 Å². The first-order valence-corrected chi connectivity index (χ1v) is 11.7. The Kier molecular flexibility index (Phi) is 11.3. The van der Waals surface area contributed by atoms with Crippen molar-refractivity contribution in [3.8, 4) is 0 Å². The number of hydrogen-bond acceptors (Lipinski definition) is 7. The average molecular weight is 569 g/mol. The number of aromatic nitrogens is 1. The summed E-state index contributed by atoms with van der Waals surface area (Å²) >= 11 is 0. The molecule has 0 spiro atoms. The quantitative estimate of drug-likeness (QED) is 0.516. The highest BCUT2D eigenvalue weighted by atomic mass is 19.4. The Balaban J connectivity index is 0.000000317. The smallest absolute Gasteiger partial charge is 0.475 e. The summed E-state index contributed by atoms with van der Waals surface area (Å²) in [6, 6.07) is 8.86. The number of likely N-dealkylation sites (tertiary alicyclic amines) is 2. The summed E-state index contributed by atoms with van der Waals surface area (Å²) in [6.07, 6.45) is -4.91. The molecule has 4 rings (SSSR count). The zero-order valence-electron chi connectivity index (χ0n) is 21.1. The number of hydrogen-bond donors (Lipinski definition) is 2. The number of carboxylic acid groups (broad SMARTS) is 2. The van der Waals surface area contributed by atoms with Crippen molar-refractivity contribution in [2.45, 2.75) is 50.9 Å². The molecule has 9 nitrogen and oxygen atoms in total. The summed E-state index contributed by atoms with van der Waals surface area (Å²) in [4.78, 5) is 27.2. The van der Waals surface area contributed by atoms with Gasteiger partial charge in [-0.1, -0.05) is 6.07 Å². The molecule has 3 atom stereocenters. The van der Waals surface area contributed by atoms with Crippen LogP contribution in [0.1, 0.15) is 23.5 Å². The Morgan fingerprint density at radius 2 is 1.67 bits per heavy atom. The molecule has 0 amide bonds. The van der Waals surface area contributed by atoms with Gasteiger partial charge in [0.2, 0.25) is 0 Å². The van der Waals surface area contributed by atoms with E-state index in [-0.39, 0.29) is 0 Å².